The SMILES string of the molecule is CCCCCC[C@@H](C)/C=C(C)/C=C/C(=O)NC(Cc1ccc(O)cc1)C(=O)OC. The van der Waals surface area contributed by atoms with Gasteiger partial charge in [0.15, 0.2) is 0 Å². The first kappa shape index (κ1) is 24.5. The second kappa shape index (κ2) is 13.6. The normalized spacial score (nSPS) is 13.9. The van der Waals surface area contributed by atoms with E-state index in [9.17, 15) is 14.7 Å². The molecule has 0 aliphatic rings. The van der Waals surface area contributed by atoms with Crippen molar-refractivity contribution >= 4 is 11.9 Å². The summed E-state index contributed by atoms with van der Waals surface area (Å²) in [6.45, 7) is 6.37. The van der Waals surface area contributed by atoms with Gasteiger partial charge in [-0.15, -0.1) is 0 Å². The predicted octanol–water partition coefficient (Wildman–Crippen LogP) is 4.70. The molecule has 0 saturated carbocycles. The Morgan fingerprint density at radius 2 is 1.83 bits per heavy atom. The Kier molecular flexibility index (Phi) is 11.5. The lowest BCUT2D eigenvalue weighted by Crippen LogP contribution is -2.42. The number of carbonyl (C=O) groups is 2. The lowest BCUT2D eigenvalue weighted by Gasteiger charge is -2.15. The molecule has 160 valence electrons. The topological polar surface area (TPSA) is 75.6 Å². The second-order valence-electron chi connectivity index (χ2n) is 7.53. The lowest BCUT2D eigenvalue weighted by molar-refractivity contribution is -0.144. The van der Waals surface area contributed by atoms with E-state index in [-0.39, 0.29) is 18.1 Å². The molecule has 5 heteroatoms. The molecule has 1 aromatic rings. The van der Waals surface area contributed by atoms with Crippen LogP contribution in [0.25, 0.3) is 0 Å². The fraction of sp³-hybridized carbons (Fsp3) is 0.500. The molecule has 0 heterocycles. The van der Waals surface area contributed by atoms with E-state index in [0.29, 0.717) is 5.92 Å². The van der Waals surface area contributed by atoms with Crippen LogP contribution in [0.5, 0.6) is 5.75 Å². The molecule has 29 heavy (non-hydrogen) atoms. The Bertz CT molecular complexity index is 691. The lowest BCUT2D eigenvalue weighted by atomic mass is 10.00. The Hall–Kier alpha value is -2.56. The first-order chi connectivity index (χ1) is 13.8. The van der Waals surface area contributed by atoms with Crippen molar-refractivity contribution < 1.29 is 19.4 Å². The van der Waals surface area contributed by atoms with Gasteiger partial charge in [-0.05, 0) is 37.0 Å². The predicted molar refractivity (Wildman–Crippen MR) is 117 cm³/mol. The van der Waals surface area contributed by atoms with Crippen molar-refractivity contribution in [2.75, 3.05) is 7.11 Å². The summed E-state index contributed by atoms with van der Waals surface area (Å²) in [6.07, 6.45) is 11.8. The maximum atomic E-state index is 12.3. The average molecular weight is 402 g/mol. The summed E-state index contributed by atoms with van der Waals surface area (Å²) in [5, 5.41) is 12.1. The summed E-state index contributed by atoms with van der Waals surface area (Å²) in [5.74, 6) is -0.232. The monoisotopic (exact) mass is 401 g/mol. The number of hydrogen-bond acceptors (Lipinski definition) is 4. The number of allylic oxidation sites excluding steroid dienone is 3. The van der Waals surface area contributed by atoms with Gasteiger partial charge in [-0.1, -0.05) is 69.4 Å². The van der Waals surface area contributed by atoms with Crippen molar-refractivity contribution in [3.05, 3.63) is 53.6 Å². The third kappa shape index (κ3) is 10.5. The number of phenols is 1. The van der Waals surface area contributed by atoms with Crippen molar-refractivity contribution in [1.29, 1.82) is 0 Å². The third-order valence-electron chi connectivity index (χ3n) is 4.74. The number of phenolic OH excluding ortho intramolecular Hbond substituents is 1. The molecule has 1 unspecified atom stereocenters. The molecule has 0 radical (unpaired) electrons. The number of ether oxygens (including phenoxy) is 1. The van der Waals surface area contributed by atoms with Crippen LogP contribution >= 0.6 is 0 Å². The molecule has 2 atom stereocenters. The van der Waals surface area contributed by atoms with Gasteiger partial charge in [0, 0.05) is 12.5 Å². The molecule has 0 saturated heterocycles. The highest BCUT2D eigenvalue weighted by Crippen LogP contribution is 2.14. The summed E-state index contributed by atoms with van der Waals surface area (Å²) in [5.41, 5.74) is 1.84. The van der Waals surface area contributed by atoms with Crippen molar-refractivity contribution in [1.82, 2.24) is 5.32 Å². The van der Waals surface area contributed by atoms with Gasteiger partial charge in [0.2, 0.25) is 5.91 Å². The molecular weight excluding hydrogens is 366 g/mol. The highest BCUT2D eigenvalue weighted by atomic mass is 16.5. The van der Waals surface area contributed by atoms with Gasteiger partial charge >= 0.3 is 5.97 Å². The van der Waals surface area contributed by atoms with Crippen molar-refractivity contribution in [3.8, 4) is 5.75 Å². The first-order valence-electron chi connectivity index (χ1n) is 10.4. The number of amides is 1. The smallest absolute Gasteiger partial charge is 0.328 e. The minimum atomic E-state index is -0.788. The molecule has 0 fully saturated rings. The number of methoxy groups -OCH3 is 1. The maximum absolute atomic E-state index is 12.3. The Morgan fingerprint density at radius 3 is 2.45 bits per heavy atom. The van der Waals surface area contributed by atoms with Crippen LogP contribution in [0.3, 0.4) is 0 Å². The maximum Gasteiger partial charge on any atom is 0.328 e. The number of rotatable bonds is 12. The van der Waals surface area contributed by atoms with E-state index >= 15 is 0 Å². The van der Waals surface area contributed by atoms with E-state index in [1.165, 1.54) is 38.9 Å². The fourth-order valence-electron chi connectivity index (χ4n) is 3.11. The molecule has 0 bridgehead atoms. The number of hydrogen-bond donors (Lipinski definition) is 2. The highest BCUT2D eigenvalue weighted by Gasteiger charge is 2.21. The number of carbonyl (C=O) groups excluding carboxylic acids is 2. The number of esters is 1. The van der Waals surface area contributed by atoms with Crippen LogP contribution in [0.15, 0.2) is 48.1 Å². The standard InChI is InChI=1S/C24H35NO4/c1-5-6-7-8-9-18(2)16-19(3)10-15-23(27)25-22(24(28)29-4)17-20-11-13-21(26)14-12-20/h10-16,18,22,26H,5-9,17H2,1-4H3,(H,25,27)/b15-10+,19-16+/t18-,22?/m1/s1. The molecule has 1 rings (SSSR count). The van der Waals surface area contributed by atoms with Gasteiger partial charge < -0.3 is 15.2 Å². The van der Waals surface area contributed by atoms with Crippen LogP contribution < -0.4 is 5.32 Å². The molecule has 1 aromatic carbocycles. The zero-order chi connectivity index (χ0) is 21.6. The molecular formula is C24H35NO4. The molecule has 0 aromatic heterocycles. The minimum Gasteiger partial charge on any atom is -0.508 e. The van der Waals surface area contributed by atoms with Crippen LogP contribution in [0.4, 0.5) is 0 Å². The molecule has 0 spiro atoms. The van der Waals surface area contributed by atoms with E-state index in [1.807, 2.05) is 6.92 Å². The molecule has 2 N–H and O–H groups in total. The summed E-state index contributed by atoms with van der Waals surface area (Å²) in [6, 6.07) is 5.72. The number of nitrogens with one attached hydrogen (secondary N) is 1. The van der Waals surface area contributed by atoms with Crippen LogP contribution in [0, 0.1) is 5.92 Å². The van der Waals surface area contributed by atoms with Gasteiger partial charge in [0.25, 0.3) is 0 Å². The summed E-state index contributed by atoms with van der Waals surface area (Å²) in [4.78, 5) is 24.3. The zero-order valence-electron chi connectivity index (χ0n) is 18.1. The van der Waals surface area contributed by atoms with Crippen molar-refractivity contribution in [2.45, 2.75) is 65.3 Å². The van der Waals surface area contributed by atoms with E-state index in [1.54, 1.807) is 30.3 Å². The van der Waals surface area contributed by atoms with Crippen LogP contribution in [0.1, 0.15) is 58.4 Å². The highest BCUT2D eigenvalue weighted by molar-refractivity contribution is 5.91. The molecule has 0 aliphatic carbocycles. The van der Waals surface area contributed by atoms with E-state index in [4.69, 9.17) is 4.74 Å². The zero-order valence-corrected chi connectivity index (χ0v) is 18.1. The largest absolute Gasteiger partial charge is 0.508 e. The summed E-state index contributed by atoms with van der Waals surface area (Å²) >= 11 is 0. The first-order valence-corrected chi connectivity index (χ1v) is 10.4. The van der Waals surface area contributed by atoms with Crippen molar-refractivity contribution in [2.24, 2.45) is 5.92 Å². The van der Waals surface area contributed by atoms with Gasteiger partial charge in [-0.2, -0.15) is 0 Å². The number of unbranched alkanes of at least 4 members (excludes halogenated alkanes) is 3. The van der Waals surface area contributed by atoms with Crippen LogP contribution in [0.2, 0.25) is 0 Å². The van der Waals surface area contributed by atoms with Gasteiger partial charge in [0.1, 0.15) is 11.8 Å². The summed E-state index contributed by atoms with van der Waals surface area (Å²) in [7, 11) is 1.29. The minimum absolute atomic E-state index is 0.150. The molecule has 1 amide bonds. The van der Waals surface area contributed by atoms with E-state index in [0.717, 1.165) is 17.6 Å². The Balaban J connectivity index is 2.61. The van der Waals surface area contributed by atoms with E-state index in [2.05, 4.69) is 25.2 Å². The van der Waals surface area contributed by atoms with E-state index < -0.39 is 12.0 Å². The van der Waals surface area contributed by atoms with Gasteiger partial charge in [-0.25, -0.2) is 4.79 Å². The quantitative estimate of drug-likeness (QED) is 0.230. The van der Waals surface area contributed by atoms with Crippen molar-refractivity contribution in [3.63, 3.8) is 0 Å². The van der Waals surface area contributed by atoms with Gasteiger partial charge in [0.05, 0.1) is 7.11 Å². The average Bonchev–Trinajstić information content (AvgIpc) is 2.70. The summed E-state index contributed by atoms with van der Waals surface area (Å²) < 4.78 is 4.80. The number of aromatic hydroxyl groups is 1. The number of benzene rings is 1. The van der Waals surface area contributed by atoms with Gasteiger partial charge in [-0.3, -0.25) is 4.79 Å². The van der Waals surface area contributed by atoms with Crippen LogP contribution in [-0.2, 0) is 20.7 Å². The second-order valence-corrected chi connectivity index (χ2v) is 7.53. The molecule has 5 nitrogen and oxygen atoms in total. The fourth-order valence-corrected chi connectivity index (χ4v) is 3.11. The third-order valence-corrected chi connectivity index (χ3v) is 4.74. The Morgan fingerprint density at radius 1 is 1.14 bits per heavy atom. The molecule has 0 aliphatic heterocycles. The Labute approximate surface area is 174 Å². The van der Waals surface area contributed by atoms with Crippen LogP contribution in [-0.4, -0.2) is 30.1 Å².